The van der Waals surface area contributed by atoms with E-state index in [1.165, 1.54) is 57.4 Å². The number of likely N-dealkylation sites (tertiary alicyclic amines) is 2. The van der Waals surface area contributed by atoms with Crippen LogP contribution in [0.25, 0.3) is 0 Å². The predicted octanol–water partition coefficient (Wildman–Crippen LogP) is 3.40. The van der Waals surface area contributed by atoms with Crippen molar-refractivity contribution in [3.05, 3.63) is 23.8 Å². The van der Waals surface area contributed by atoms with Gasteiger partial charge in [-0.3, -0.25) is 4.90 Å². The van der Waals surface area contributed by atoms with Crippen molar-refractivity contribution in [2.45, 2.75) is 45.2 Å². The molecule has 2 fully saturated rings. The molecule has 1 aromatic carbocycles. The average Bonchev–Trinajstić information content (AvgIpc) is 2.62. The quantitative estimate of drug-likeness (QED) is 0.825. The van der Waals surface area contributed by atoms with Crippen molar-refractivity contribution in [2.24, 2.45) is 5.92 Å². The van der Waals surface area contributed by atoms with Gasteiger partial charge in [0.1, 0.15) is 11.5 Å². The van der Waals surface area contributed by atoms with Crippen LogP contribution in [0.3, 0.4) is 0 Å². The van der Waals surface area contributed by atoms with Crippen LogP contribution >= 0.6 is 0 Å². The molecule has 2 aliphatic heterocycles. The Kier molecular flexibility index (Phi) is 6.01. The number of ether oxygens (including phenoxy) is 2. The minimum absolute atomic E-state index is 0.788. The Labute approximate surface area is 146 Å². The third kappa shape index (κ3) is 4.22. The van der Waals surface area contributed by atoms with Gasteiger partial charge in [-0.1, -0.05) is 6.92 Å². The van der Waals surface area contributed by atoms with Gasteiger partial charge in [0, 0.05) is 24.7 Å². The fourth-order valence-corrected chi connectivity index (χ4v) is 4.25. The molecule has 0 radical (unpaired) electrons. The van der Waals surface area contributed by atoms with Gasteiger partial charge >= 0.3 is 0 Å². The second-order valence-electron chi connectivity index (χ2n) is 7.43. The monoisotopic (exact) mass is 332 g/mol. The van der Waals surface area contributed by atoms with Gasteiger partial charge in [-0.15, -0.1) is 0 Å². The van der Waals surface area contributed by atoms with E-state index >= 15 is 0 Å². The van der Waals surface area contributed by atoms with Crippen molar-refractivity contribution >= 4 is 0 Å². The number of nitrogens with zero attached hydrogens (tertiary/aromatic N) is 2. The maximum atomic E-state index is 5.52. The lowest BCUT2D eigenvalue weighted by Gasteiger charge is -2.41. The van der Waals surface area contributed by atoms with E-state index in [-0.39, 0.29) is 0 Å². The highest BCUT2D eigenvalue weighted by Gasteiger charge is 2.27. The first-order chi connectivity index (χ1) is 11.7. The zero-order valence-corrected chi connectivity index (χ0v) is 15.5. The summed E-state index contributed by atoms with van der Waals surface area (Å²) in [5, 5.41) is 0. The lowest BCUT2D eigenvalue weighted by atomic mass is 9.95. The minimum Gasteiger partial charge on any atom is -0.497 e. The molecule has 1 atom stereocenters. The van der Waals surface area contributed by atoms with E-state index in [1.807, 2.05) is 12.1 Å². The van der Waals surface area contributed by atoms with Gasteiger partial charge in [0.15, 0.2) is 0 Å². The summed E-state index contributed by atoms with van der Waals surface area (Å²) in [5.74, 6) is 2.74. The van der Waals surface area contributed by atoms with Crippen LogP contribution in [-0.4, -0.2) is 56.2 Å². The number of hydrogen-bond donors (Lipinski definition) is 0. The fraction of sp³-hybridized carbons (Fsp3) is 0.700. The summed E-state index contributed by atoms with van der Waals surface area (Å²) >= 11 is 0. The summed E-state index contributed by atoms with van der Waals surface area (Å²) < 4.78 is 10.9. The van der Waals surface area contributed by atoms with E-state index < -0.39 is 0 Å². The van der Waals surface area contributed by atoms with E-state index in [1.54, 1.807) is 14.2 Å². The van der Waals surface area contributed by atoms with E-state index in [2.05, 4.69) is 22.8 Å². The molecule has 0 N–H and O–H groups in total. The third-order valence-electron chi connectivity index (χ3n) is 5.64. The molecule has 0 aliphatic carbocycles. The molecule has 0 bridgehead atoms. The van der Waals surface area contributed by atoms with Crippen molar-refractivity contribution in [3.8, 4) is 11.5 Å². The Hall–Kier alpha value is -1.26. The summed E-state index contributed by atoms with van der Waals surface area (Å²) in [4.78, 5) is 5.30. The van der Waals surface area contributed by atoms with E-state index in [9.17, 15) is 0 Å². The van der Waals surface area contributed by atoms with E-state index in [0.29, 0.717) is 0 Å². The van der Waals surface area contributed by atoms with Crippen molar-refractivity contribution in [1.82, 2.24) is 9.80 Å². The van der Waals surface area contributed by atoms with Crippen LogP contribution < -0.4 is 9.47 Å². The van der Waals surface area contributed by atoms with Crippen molar-refractivity contribution < 1.29 is 9.47 Å². The highest BCUT2D eigenvalue weighted by atomic mass is 16.5. The number of piperidine rings is 2. The highest BCUT2D eigenvalue weighted by Crippen LogP contribution is 2.28. The smallest absolute Gasteiger partial charge is 0.123 e. The normalized spacial score (nSPS) is 24.0. The molecule has 24 heavy (non-hydrogen) atoms. The van der Waals surface area contributed by atoms with Crippen LogP contribution in [0, 0.1) is 5.92 Å². The van der Waals surface area contributed by atoms with Crippen molar-refractivity contribution in [3.63, 3.8) is 0 Å². The van der Waals surface area contributed by atoms with Gasteiger partial charge in [0.25, 0.3) is 0 Å². The van der Waals surface area contributed by atoms with Gasteiger partial charge < -0.3 is 14.4 Å². The molecule has 0 saturated carbocycles. The highest BCUT2D eigenvalue weighted by molar-refractivity contribution is 5.40. The van der Waals surface area contributed by atoms with Crippen LogP contribution in [0.5, 0.6) is 11.5 Å². The molecule has 134 valence electrons. The molecule has 2 saturated heterocycles. The van der Waals surface area contributed by atoms with Gasteiger partial charge in [-0.05, 0) is 69.4 Å². The summed E-state index contributed by atoms with van der Waals surface area (Å²) in [6.45, 7) is 8.30. The molecule has 4 nitrogen and oxygen atoms in total. The first kappa shape index (κ1) is 17.6. The molecule has 1 unspecified atom stereocenters. The Morgan fingerprint density at radius 2 is 1.83 bits per heavy atom. The second kappa shape index (κ2) is 8.21. The Balaban J connectivity index is 1.55. The SMILES string of the molecule is COc1ccc(OC)c(CN2CCC(N3CCCC(C)C3)CC2)c1. The number of hydrogen-bond acceptors (Lipinski definition) is 4. The lowest BCUT2D eigenvalue weighted by molar-refractivity contribution is 0.0726. The molecule has 1 aromatic rings. The molecule has 0 spiro atoms. The molecule has 0 aromatic heterocycles. The summed E-state index contributed by atoms with van der Waals surface area (Å²) in [5.41, 5.74) is 1.22. The fourth-order valence-electron chi connectivity index (χ4n) is 4.25. The second-order valence-corrected chi connectivity index (χ2v) is 7.43. The number of methoxy groups -OCH3 is 2. The van der Waals surface area contributed by atoms with Gasteiger partial charge in [0.05, 0.1) is 14.2 Å². The van der Waals surface area contributed by atoms with E-state index in [0.717, 1.165) is 30.0 Å². The number of rotatable bonds is 5. The molecule has 4 heteroatoms. The van der Waals surface area contributed by atoms with Gasteiger partial charge in [0.2, 0.25) is 0 Å². The third-order valence-corrected chi connectivity index (χ3v) is 5.64. The van der Waals surface area contributed by atoms with E-state index in [4.69, 9.17) is 9.47 Å². The van der Waals surface area contributed by atoms with Crippen LogP contribution in [0.1, 0.15) is 38.2 Å². The van der Waals surface area contributed by atoms with Crippen LogP contribution in [-0.2, 0) is 6.54 Å². The summed E-state index contributed by atoms with van der Waals surface area (Å²) in [7, 11) is 3.46. The van der Waals surface area contributed by atoms with Gasteiger partial charge in [-0.2, -0.15) is 0 Å². The molecule has 0 amide bonds. The number of benzene rings is 1. The van der Waals surface area contributed by atoms with Crippen LogP contribution in [0.2, 0.25) is 0 Å². The zero-order valence-electron chi connectivity index (χ0n) is 15.5. The minimum atomic E-state index is 0.788. The van der Waals surface area contributed by atoms with Crippen molar-refractivity contribution in [1.29, 1.82) is 0 Å². The largest absolute Gasteiger partial charge is 0.497 e. The average molecular weight is 332 g/mol. The Bertz CT molecular complexity index is 526. The van der Waals surface area contributed by atoms with Gasteiger partial charge in [-0.25, -0.2) is 0 Å². The standard InChI is InChI=1S/C20H32N2O2/c1-16-5-4-10-22(14-16)18-8-11-21(12-9-18)15-17-13-19(23-2)6-7-20(17)24-3/h6-7,13,16,18H,4-5,8-12,14-15H2,1-3H3. The summed E-state index contributed by atoms with van der Waals surface area (Å²) in [6.07, 6.45) is 5.37. The molecule has 3 rings (SSSR count). The van der Waals surface area contributed by atoms with Crippen LogP contribution in [0.4, 0.5) is 0 Å². The molecular weight excluding hydrogens is 300 g/mol. The maximum absolute atomic E-state index is 5.52. The summed E-state index contributed by atoms with van der Waals surface area (Å²) in [6, 6.07) is 6.87. The lowest BCUT2D eigenvalue weighted by Crippen LogP contribution is -2.47. The molecule has 2 heterocycles. The first-order valence-electron chi connectivity index (χ1n) is 9.37. The Morgan fingerprint density at radius 3 is 2.50 bits per heavy atom. The molecule has 2 aliphatic rings. The zero-order chi connectivity index (χ0) is 16.9. The topological polar surface area (TPSA) is 24.9 Å². The first-order valence-corrected chi connectivity index (χ1v) is 9.37. The van der Waals surface area contributed by atoms with Crippen LogP contribution in [0.15, 0.2) is 18.2 Å². The Morgan fingerprint density at radius 1 is 1.04 bits per heavy atom. The molecular formula is C20H32N2O2. The predicted molar refractivity (Wildman–Crippen MR) is 97.8 cm³/mol. The van der Waals surface area contributed by atoms with Crippen molar-refractivity contribution in [2.75, 3.05) is 40.4 Å². The maximum Gasteiger partial charge on any atom is 0.123 e.